The molecule has 0 unspecified atom stereocenters. The molecule has 19 heteroatoms. The summed E-state index contributed by atoms with van der Waals surface area (Å²) in [7, 11) is 0. The minimum absolute atomic E-state index is 0. The van der Waals surface area contributed by atoms with Crippen molar-refractivity contribution in [3.63, 3.8) is 0 Å². The van der Waals surface area contributed by atoms with Gasteiger partial charge in [-0.25, -0.2) is 0 Å². The molecule has 12 nitrogen and oxygen atoms in total. The van der Waals surface area contributed by atoms with Gasteiger partial charge in [-0.15, -0.1) is 0 Å². The summed E-state index contributed by atoms with van der Waals surface area (Å²) in [5.74, 6) is 0. The van der Waals surface area contributed by atoms with Gasteiger partial charge < -0.3 is 2.85 Å². The maximum absolute atomic E-state index is 8.65. The van der Waals surface area contributed by atoms with Crippen LogP contribution < -0.4 is 81.7 Å². The van der Waals surface area contributed by atoms with Crippen LogP contribution in [0.4, 0.5) is 0 Å². The zero-order valence-electron chi connectivity index (χ0n) is 11.0. The van der Waals surface area contributed by atoms with Crippen molar-refractivity contribution in [1.29, 1.82) is 0 Å². The fraction of sp³-hybridized carbons (Fsp3) is 0. The van der Waals surface area contributed by atoms with Crippen LogP contribution in [0.25, 0.3) is 0 Å². The molecule has 0 saturated carbocycles. The normalized spacial score (nSPS) is 9.16. The van der Waals surface area contributed by atoms with Crippen molar-refractivity contribution in [1.82, 2.24) is 0 Å². The molecule has 0 heterocycles. The van der Waals surface area contributed by atoms with Gasteiger partial charge in [-0.2, -0.15) is 0 Å². The van der Waals surface area contributed by atoms with Crippen molar-refractivity contribution in [3.05, 3.63) is 0 Å². The van der Waals surface area contributed by atoms with Gasteiger partial charge >= 0.3 is 205 Å². The summed E-state index contributed by atoms with van der Waals surface area (Å²) in [6.07, 6.45) is 0. The van der Waals surface area contributed by atoms with Gasteiger partial charge in [0.2, 0.25) is 0 Å². The zero-order chi connectivity index (χ0) is 13.5. The molecule has 0 N–H and O–H groups in total. The number of hydrogen-bond donors (Lipinski definition) is 0. The van der Waals surface area contributed by atoms with Crippen LogP contribution in [0.3, 0.4) is 0 Å². The van der Waals surface area contributed by atoms with Gasteiger partial charge in [0.05, 0.1) is 0 Å². The molecule has 0 rings (SSSR count). The standard InChI is InChI=1S/2Bi.2Na.12O.3W.2H/q2*+3;2*+1;;;;;;;6*-1;;;;2*-1. The molecule has 0 saturated heterocycles. The third-order valence-electron chi connectivity index (χ3n) is 0. The van der Waals surface area contributed by atoms with E-state index >= 15 is 0 Å². The molecule has 0 aromatic rings. The summed E-state index contributed by atoms with van der Waals surface area (Å²) >= 11 is -18.5. The van der Waals surface area contributed by atoms with E-state index in [0.29, 0.717) is 0 Å². The first-order chi connectivity index (χ1) is 6.00. The molecule has 0 aromatic heterocycles. The maximum atomic E-state index is 8.65. The third kappa shape index (κ3) is 483. The Labute approximate surface area is 203 Å². The molecule has 0 atom stereocenters. The average molecular weight is 1210 g/mol. The molecule has 0 aliphatic heterocycles. The van der Waals surface area contributed by atoms with Gasteiger partial charge in [-0.05, 0) is 0 Å². The van der Waals surface area contributed by atoms with Crippen molar-refractivity contribution in [3.8, 4) is 0 Å². The molecular weight excluding hydrogens is 1210 g/mol. The molecule has 4 radical (unpaired) electrons. The van der Waals surface area contributed by atoms with Crippen LogP contribution >= 0.6 is 0 Å². The number of rotatable bonds is 0. The van der Waals surface area contributed by atoms with Crippen molar-refractivity contribution in [2.75, 3.05) is 0 Å². The van der Waals surface area contributed by atoms with Crippen LogP contribution in [-0.4, -0.2) is 52.4 Å². The van der Waals surface area contributed by atoms with E-state index in [4.69, 9.17) is 42.9 Å². The van der Waals surface area contributed by atoms with E-state index in [0.717, 1.165) is 0 Å². The molecule has 19 heavy (non-hydrogen) atoms. The fourth-order valence-corrected chi connectivity index (χ4v) is 0. The molecule has 0 aromatic carbocycles. The van der Waals surface area contributed by atoms with Crippen molar-refractivity contribution >= 4 is 52.4 Å². The summed E-state index contributed by atoms with van der Waals surface area (Å²) in [6, 6.07) is 0. The molecule has 0 bridgehead atoms. The van der Waals surface area contributed by atoms with Gasteiger partial charge in [0.15, 0.2) is 0 Å². The predicted octanol–water partition coefficient (Wildman–Crippen LogP) is -14.4. The molecule has 0 aliphatic rings. The summed E-state index contributed by atoms with van der Waals surface area (Å²) < 4.78 is 104. The van der Waals surface area contributed by atoms with E-state index in [9.17, 15) is 0 Å². The second-order valence-electron chi connectivity index (χ2n) is 1.22. The summed E-state index contributed by atoms with van der Waals surface area (Å²) in [5.41, 5.74) is 0. The summed E-state index contributed by atoms with van der Waals surface area (Å²) in [6.45, 7) is 0. The first-order valence-electron chi connectivity index (χ1n) is 2.00. The van der Waals surface area contributed by atoms with E-state index < -0.39 is 50.2 Å². The van der Waals surface area contributed by atoms with Crippen LogP contribution in [0, 0.1) is 0 Å². The van der Waals surface area contributed by atoms with E-state index in [1.807, 2.05) is 0 Å². The SMILES string of the molecule is [Bi+3].[Bi+3].[H-].[H-].[Na+].[Na+].[O]=[W](=[O])([O-])[O-].[O]=[W](=[O])([O-])[O-].[O]=[W](=[O])([O-])[O-]. The number of hydrogen-bond acceptors (Lipinski definition) is 12. The van der Waals surface area contributed by atoms with Gasteiger partial charge in [0.25, 0.3) is 0 Å². The molecular formula is H2Bi2Na2O12W3. The average Bonchev–Trinajstić information content (AvgIpc) is 1.41. The van der Waals surface area contributed by atoms with Gasteiger partial charge in [-0.3, -0.25) is 0 Å². The Morgan fingerprint density at radius 3 is 0.474 bits per heavy atom. The second-order valence-corrected chi connectivity index (χ2v) is 10.0. The first-order valence-corrected chi connectivity index (χ1v) is 16.4. The van der Waals surface area contributed by atoms with Crippen LogP contribution in [-0.2, 0) is 70.6 Å². The van der Waals surface area contributed by atoms with Crippen molar-refractivity contribution in [2.24, 2.45) is 0 Å². The van der Waals surface area contributed by atoms with Gasteiger partial charge in [0, 0.05) is 0 Å². The Bertz CT molecular complexity index is 359. The Kier molecular flexibility index (Phi) is 46.9. The van der Waals surface area contributed by atoms with E-state index in [2.05, 4.69) is 0 Å². The van der Waals surface area contributed by atoms with Crippen molar-refractivity contribution in [2.45, 2.75) is 0 Å². The van der Waals surface area contributed by atoms with Crippen molar-refractivity contribution < 1.29 is 155 Å². The zero-order valence-corrected chi connectivity index (χ0v) is 28.8. The predicted molar refractivity (Wildman–Crippen MR) is 17.9 cm³/mol. The Morgan fingerprint density at radius 2 is 0.474 bits per heavy atom. The first kappa shape index (κ1) is 43.7. The fourth-order valence-electron chi connectivity index (χ4n) is 0. The Hall–Kier alpha value is 4.39. The third-order valence-corrected chi connectivity index (χ3v) is 0. The van der Waals surface area contributed by atoms with E-state index in [-0.39, 0.29) is 114 Å². The summed E-state index contributed by atoms with van der Waals surface area (Å²) in [4.78, 5) is 0. The Balaban J connectivity index is -0.0000000129. The quantitative estimate of drug-likeness (QED) is 0.206. The van der Waals surface area contributed by atoms with Crippen LogP contribution in [0.2, 0.25) is 0 Å². The van der Waals surface area contributed by atoms with Crippen LogP contribution in [0.15, 0.2) is 0 Å². The monoisotopic (exact) mass is 1210 g/mol. The van der Waals surface area contributed by atoms with Crippen LogP contribution in [0.1, 0.15) is 2.85 Å². The molecule has 0 fully saturated rings. The summed E-state index contributed by atoms with van der Waals surface area (Å²) in [5, 5.41) is 0. The molecule has 0 aliphatic carbocycles. The Morgan fingerprint density at radius 1 is 0.474 bits per heavy atom. The second kappa shape index (κ2) is 20.4. The van der Waals surface area contributed by atoms with Crippen LogP contribution in [0.5, 0.6) is 0 Å². The van der Waals surface area contributed by atoms with Gasteiger partial charge in [-0.1, -0.05) is 0 Å². The van der Waals surface area contributed by atoms with E-state index in [1.54, 1.807) is 0 Å². The van der Waals surface area contributed by atoms with Gasteiger partial charge in [0.1, 0.15) is 0 Å². The molecule has 104 valence electrons. The van der Waals surface area contributed by atoms with E-state index in [1.165, 1.54) is 0 Å². The minimum atomic E-state index is -6.17. The molecule has 0 amide bonds. The topological polar surface area (TPSA) is 241 Å². The molecule has 0 spiro atoms.